The third-order valence-corrected chi connectivity index (χ3v) is 2.66. The number of nitro benzene ring substituents is 1. The van der Waals surface area contributed by atoms with E-state index >= 15 is 0 Å². The van der Waals surface area contributed by atoms with E-state index in [9.17, 15) is 20.0 Å². The van der Waals surface area contributed by atoms with Crippen LogP contribution in [0, 0.1) is 10.1 Å². The smallest absolute Gasteiger partial charge is 0.276 e. The summed E-state index contributed by atoms with van der Waals surface area (Å²) in [6.45, 7) is 1.22. The number of nitro groups is 1. The van der Waals surface area contributed by atoms with Crippen molar-refractivity contribution in [3.8, 4) is 11.5 Å². The number of nitrogens with zero attached hydrogens (tertiary/aromatic N) is 1. The molecule has 7 heteroatoms. The second-order valence-corrected chi connectivity index (χ2v) is 3.92. The van der Waals surface area contributed by atoms with Gasteiger partial charge in [0, 0.05) is 12.0 Å². The van der Waals surface area contributed by atoms with E-state index in [-0.39, 0.29) is 23.4 Å². The molecule has 0 aliphatic rings. The minimum absolute atomic E-state index is 0.147. The van der Waals surface area contributed by atoms with Gasteiger partial charge in [0.1, 0.15) is 6.10 Å². The van der Waals surface area contributed by atoms with Gasteiger partial charge in [0.2, 0.25) is 0 Å². The van der Waals surface area contributed by atoms with E-state index < -0.39 is 16.8 Å². The van der Waals surface area contributed by atoms with E-state index in [2.05, 4.69) is 0 Å². The Morgan fingerprint density at radius 3 is 2.32 bits per heavy atom. The van der Waals surface area contributed by atoms with Crippen molar-refractivity contribution >= 4 is 11.5 Å². The molecule has 1 rings (SSSR count). The summed E-state index contributed by atoms with van der Waals surface area (Å²) >= 11 is 0. The highest BCUT2D eigenvalue weighted by atomic mass is 16.6. The van der Waals surface area contributed by atoms with Crippen molar-refractivity contribution < 1.29 is 24.3 Å². The lowest BCUT2D eigenvalue weighted by Gasteiger charge is -2.12. The predicted molar refractivity (Wildman–Crippen MR) is 66.6 cm³/mol. The van der Waals surface area contributed by atoms with Gasteiger partial charge in [-0.3, -0.25) is 14.9 Å². The molecule has 1 atom stereocenters. The first kappa shape index (κ1) is 14.9. The van der Waals surface area contributed by atoms with Crippen LogP contribution in [-0.2, 0) is 11.2 Å². The maximum atomic E-state index is 11.0. The molecule has 0 aliphatic heterocycles. The Labute approximate surface area is 109 Å². The van der Waals surface area contributed by atoms with Crippen LogP contribution in [0.3, 0.4) is 0 Å². The molecular weight excluding hydrogens is 254 g/mol. The second kappa shape index (κ2) is 6.14. The molecule has 0 unspecified atom stereocenters. The summed E-state index contributed by atoms with van der Waals surface area (Å²) in [6, 6.07) is 2.60. The van der Waals surface area contributed by atoms with E-state index in [0.717, 1.165) is 0 Å². The first-order valence-electron chi connectivity index (χ1n) is 5.48. The van der Waals surface area contributed by atoms with E-state index in [1.54, 1.807) is 0 Å². The summed E-state index contributed by atoms with van der Waals surface area (Å²) in [6.07, 6.45) is -1.43. The molecule has 0 aromatic heterocycles. The molecule has 7 nitrogen and oxygen atoms in total. The second-order valence-electron chi connectivity index (χ2n) is 3.92. The van der Waals surface area contributed by atoms with Gasteiger partial charge in [-0.2, -0.15) is 0 Å². The van der Waals surface area contributed by atoms with Crippen LogP contribution >= 0.6 is 0 Å². The van der Waals surface area contributed by atoms with Gasteiger partial charge in [0.15, 0.2) is 17.3 Å². The molecule has 0 radical (unpaired) electrons. The predicted octanol–water partition coefficient (Wildman–Crippen LogP) is 1.10. The largest absolute Gasteiger partial charge is 0.493 e. The molecule has 0 aliphatic carbocycles. The lowest BCUT2D eigenvalue weighted by atomic mass is 10.0. The number of methoxy groups -OCH3 is 2. The molecule has 0 amide bonds. The normalized spacial score (nSPS) is 11.8. The first-order chi connectivity index (χ1) is 8.90. The standard InChI is InChI=1S/C12H15NO6/c1-7(14)10(15)4-8-5-11(18-2)12(19-3)6-9(8)13(16)17/h5-6,10,15H,4H2,1-3H3/t10-/m1/s1. The van der Waals surface area contributed by atoms with Crippen LogP contribution in [0.25, 0.3) is 0 Å². The van der Waals surface area contributed by atoms with Crippen LogP contribution in [0.15, 0.2) is 12.1 Å². The van der Waals surface area contributed by atoms with Gasteiger partial charge in [0.05, 0.1) is 25.2 Å². The molecule has 0 bridgehead atoms. The number of carbonyl (C=O) groups is 1. The number of carbonyl (C=O) groups excluding carboxylic acids is 1. The van der Waals surface area contributed by atoms with Gasteiger partial charge in [-0.15, -0.1) is 0 Å². The summed E-state index contributed by atoms with van der Waals surface area (Å²) in [5.41, 5.74) is -0.0108. The van der Waals surface area contributed by atoms with Crippen LogP contribution in [0.4, 0.5) is 5.69 Å². The molecule has 1 aromatic rings. The number of ketones is 1. The van der Waals surface area contributed by atoms with Gasteiger partial charge in [0.25, 0.3) is 5.69 Å². The molecule has 104 valence electrons. The molecule has 1 N–H and O–H groups in total. The molecule has 0 saturated carbocycles. The Kier molecular flexibility index (Phi) is 4.82. The Hall–Kier alpha value is -2.15. The molecule has 0 fully saturated rings. The maximum absolute atomic E-state index is 11.0. The van der Waals surface area contributed by atoms with Crippen LogP contribution in [0.2, 0.25) is 0 Å². The van der Waals surface area contributed by atoms with E-state index in [0.29, 0.717) is 5.75 Å². The summed E-state index contributed by atoms with van der Waals surface area (Å²) in [7, 11) is 2.76. The number of benzene rings is 1. The maximum Gasteiger partial charge on any atom is 0.276 e. The van der Waals surface area contributed by atoms with Gasteiger partial charge in [-0.1, -0.05) is 0 Å². The topological polar surface area (TPSA) is 98.9 Å². The molecule has 1 aromatic carbocycles. The first-order valence-corrected chi connectivity index (χ1v) is 5.48. The van der Waals surface area contributed by atoms with Gasteiger partial charge in [-0.25, -0.2) is 0 Å². The minimum atomic E-state index is -1.28. The number of hydrogen-bond donors (Lipinski definition) is 1. The number of ether oxygens (including phenoxy) is 2. The van der Waals surface area contributed by atoms with Crippen molar-refractivity contribution in [2.45, 2.75) is 19.4 Å². The summed E-state index contributed by atoms with van der Waals surface area (Å²) < 4.78 is 10.0. The van der Waals surface area contributed by atoms with Crippen molar-refractivity contribution in [3.63, 3.8) is 0 Å². The van der Waals surface area contributed by atoms with Gasteiger partial charge in [-0.05, 0) is 13.0 Å². The summed E-state index contributed by atoms with van der Waals surface area (Å²) in [4.78, 5) is 21.4. The highest BCUT2D eigenvalue weighted by Gasteiger charge is 2.22. The van der Waals surface area contributed by atoms with Crippen LogP contribution < -0.4 is 9.47 Å². The zero-order chi connectivity index (χ0) is 14.6. The third kappa shape index (κ3) is 3.41. The zero-order valence-electron chi connectivity index (χ0n) is 10.9. The number of Topliss-reactive ketones (excluding diaryl/α,β-unsaturated/α-hetero) is 1. The van der Waals surface area contributed by atoms with E-state index in [1.165, 1.54) is 33.3 Å². The average molecular weight is 269 g/mol. The zero-order valence-corrected chi connectivity index (χ0v) is 10.9. The van der Waals surface area contributed by atoms with Crippen molar-refractivity contribution in [1.29, 1.82) is 0 Å². The average Bonchev–Trinajstić information content (AvgIpc) is 2.37. The van der Waals surface area contributed by atoms with Gasteiger partial charge < -0.3 is 14.6 Å². The highest BCUT2D eigenvalue weighted by molar-refractivity contribution is 5.80. The van der Waals surface area contributed by atoms with Crippen molar-refractivity contribution in [1.82, 2.24) is 0 Å². The SMILES string of the molecule is COc1cc(C[C@@H](O)C(C)=O)c([N+](=O)[O-])cc1OC. The lowest BCUT2D eigenvalue weighted by molar-refractivity contribution is -0.385. The van der Waals surface area contributed by atoms with Crippen LogP contribution in [0.1, 0.15) is 12.5 Å². The Morgan fingerprint density at radius 2 is 1.89 bits per heavy atom. The minimum Gasteiger partial charge on any atom is -0.493 e. The summed E-state index contributed by atoms with van der Waals surface area (Å²) in [5.74, 6) is 0.0678. The number of hydrogen-bond acceptors (Lipinski definition) is 6. The van der Waals surface area contributed by atoms with Crippen LogP contribution in [-0.4, -0.2) is 36.1 Å². The van der Waals surface area contributed by atoms with E-state index in [4.69, 9.17) is 9.47 Å². The Balaban J connectivity index is 3.27. The van der Waals surface area contributed by atoms with Crippen LogP contribution in [0.5, 0.6) is 11.5 Å². The quantitative estimate of drug-likeness (QED) is 0.613. The molecule has 19 heavy (non-hydrogen) atoms. The number of rotatable bonds is 6. The number of aliphatic hydroxyl groups is 1. The van der Waals surface area contributed by atoms with Gasteiger partial charge >= 0.3 is 0 Å². The fourth-order valence-electron chi connectivity index (χ4n) is 1.60. The van der Waals surface area contributed by atoms with Crippen molar-refractivity contribution in [2.75, 3.05) is 14.2 Å². The fourth-order valence-corrected chi connectivity index (χ4v) is 1.60. The van der Waals surface area contributed by atoms with Crippen molar-refractivity contribution in [3.05, 3.63) is 27.8 Å². The third-order valence-electron chi connectivity index (χ3n) is 2.66. The van der Waals surface area contributed by atoms with Crippen molar-refractivity contribution in [2.24, 2.45) is 0 Å². The highest BCUT2D eigenvalue weighted by Crippen LogP contribution is 2.35. The monoisotopic (exact) mass is 269 g/mol. The summed E-state index contributed by atoms with van der Waals surface area (Å²) in [5, 5.41) is 20.5. The fraction of sp³-hybridized carbons (Fsp3) is 0.417. The Bertz CT molecular complexity index is 499. The lowest BCUT2D eigenvalue weighted by Crippen LogP contribution is -2.20. The number of aliphatic hydroxyl groups excluding tert-OH is 1. The van der Waals surface area contributed by atoms with E-state index in [1.807, 2.05) is 0 Å². The molecule has 0 saturated heterocycles. The molecular formula is C12H15NO6. The molecule has 0 spiro atoms. The molecule has 0 heterocycles. The Morgan fingerprint density at radius 1 is 1.37 bits per heavy atom.